The maximum atomic E-state index is 12.8. The Morgan fingerprint density at radius 3 is 2.33 bits per heavy atom. The van der Waals surface area contributed by atoms with Gasteiger partial charge in [0.2, 0.25) is 0 Å². The van der Waals surface area contributed by atoms with Gasteiger partial charge in [-0.05, 0) is 69.0 Å². The van der Waals surface area contributed by atoms with Gasteiger partial charge in [0.25, 0.3) is 0 Å². The van der Waals surface area contributed by atoms with Gasteiger partial charge in [0.05, 0.1) is 24.8 Å². The quantitative estimate of drug-likeness (QED) is 0.194. The van der Waals surface area contributed by atoms with Crippen LogP contribution in [-0.2, 0) is 15.8 Å². The number of fused-ring (bicyclic) bond motifs is 1. The van der Waals surface area contributed by atoms with Gasteiger partial charge in [0.1, 0.15) is 23.2 Å². The number of aromatic nitrogens is 5. The number of carbonyl (C=O) groups is 2. The molecule has 5 aromatic rings. The number of nitrogens with zero attached hydrogens (tertiary/aromatic N) is 5. The van der Waals surface area contributed by atoms with Crippen LogP contribution in [0.2, 0.25) is 0 Å². The summed E-state index contributed by atoms with van der Waals surface area (Å²) in [5, 5.41) is 18.9. The Kier molecular flexibility index (Phi) is 8.11. The summed E-state index contributed by atoms with van der Waals surface area (Å²) in [6.45, 7) is 15.6. The van der Waals surface area contributed by atoms with Crippen LogP contribution in [0.25, 0.3) is 33.5 Å². The van der Waals surface area contributed by atoms with Gasteiger partial charge < -0.3 is 29.6 Å². The molecule has 0 radical (unpaired) electrons. The van der Waals surface area contributed by atoms with Gasteiger partial charge in [-0.3, -0.25) is 4.79 Å². The lowest BCUT2D eigenvalue weighted by atomic mass is 9.86. The molecule has 1 saturated heterocycles. The molecule has 4 heterocycles. The topological polar surface area (TPSA) is 159 Å². The van der Waals surface area contributed by atoms with Crippen LogP contribution in [0.1, 0.15) is 87.7 Å². The van der Waals surface area contributed by atoms with Gasteiger partial charge in [0, 0.05) is 22.1 Å². The lowest BCUT2D eigenvalue weighted by Crippen LogP contribution is -2.61. The first-order valence-electron chi connectivity index (χ1n) is 15.9. The molecule has 0 saturated carbocycles. The highest BCUT2D eigenvalue weighted by atomic mass is 16.6. The molecule has 1 aliphatic heterocycles. The molecule has 0 unspecified atom stereocenters. The number of rotatable bonds is 6. The fourth-order valence-electron chi connectivity index (χ4n) is 5.77. The summed E-state index contributed by atoms with van der Waals surface area (Å²) in [4.78, 5) is 43.4. The van der Waals surface area contributed by atoms with E-state index in [4.69, 9.17) is 9.26 Å². The molecule has 12 nitrogen and oxygen atoms in total. The van der Waals surface area contributed by atoms with E-state index >= 15 is 0 Å². The third-order valence-electron chi connectivity index (χ3n) is 8.36. The molecule has 2 aromatic carbocycles. The smallest absolute Gasteiger partial charge is 0.410 e. The average Bonchev–Trinajstić information content (AvgIpc) is 3.67. The molecule has 0 bridgehead atoms. The van der Waals surface area contributed by atoms with Crippen molar-refractivity contribution in [3.8, 4) is 22.5 Å². The number of hydrogen-bond donors (Lipinski definition) is 3. The summed E-state index contributed by atoms with van der Waals surface area (Å²) >= 11 is 0. The first-order valence-corrected chi connectivity index (χ1v) is 15.9. The first kappa shape index (κ1) is 32.8. The number of carbonyl (C=O) groups excluding carboxylic acids is 2. The van der Waals surface area contributed by atoms with E-state index in [2.05, 4.69) is 30.4 Å². The van der Waals surface area contributed by atoms with E-state index in [0.29, 0.717) is 11.5 Å². The molecule has 0 aliphatic carbocycles. The Morgan fingerprint density at radius 1 is 1.02 bits per heavy atom. The fraction of sp³-hybridized carbons (Fsp3) is 0.389. The fourth-order valence-corrected chi connectivity index (χ4v) is 5.77. The van der Waals surface area contributed by atoms with Gasteiger partial charge in [0.15, 0.2) is 5.82 Å². The number of likely N-dealkylation sites (tertiary alicyclic amines) is 1. The number of benzene rings is 2. The summed E-state index contributed by atoms with van der Waals surface area (Å²) in [5.74, 6) is -0.0163. The monoisotopic (exact) mass is 651 g/mol. The third kappa shape index (κ3) is 6.52. The van der Waals surface area contributed by atoms with E-state index in [9.17, 15) is 14.7 Å². The largest absolute Gasteiger partial charge is 0.444 e. The lowest BCUT2D eigenvalue weighted by molar-refractivity contribution is -0.103. The second-order valence-electron chi connectivity index (χ2n) is 14.6. The normalized spacial score (nSPS) is 15.2. The molecule has 1 atom stereocenters. The summed E-state index contributed by atoms with van der Waals surface area (Å²) in [7, 11) is 0. The zero-order valence-electron chi connectivity index (χ0n) is 28.5. The van der Waals surface area contributed by atoms with Crippen molar-refractivity contribution in [2.24, 2.45) is 0 Å². The Balaban J connectivity index is 1.17. The SMILES string of the molecule is Cc1cc(-c2ncnc3[nH]c(-c4ccc(C5(O)CN(C(=O)OC(C)(C)C)C5)cc4)cc23)ccc1[C@@H](C)NC(=O)c1nc(C(C)(C)C)no1. The third-order valence-corrected chi connectivity index (χ3v) is 8.36. The summed E-state index contributed by atoms with van der Waals surface area (Å²) in [5.41, 5.74) is 4.78. The maximum Gasteiger partial charge on any atom is 0.410 e. The molecule has 250 valence electrons. The first-order chi connectivity index (χ1) is 22.5. The van der Waals surface area contributed by atoms with Gasteiger partial charge in [-0.1, -0.05) is 62.3 Å². The van der Waals surface area contributed by atoms with Gasteiger partial charge in [-0.2, -0.15) is 4.98 Å². The Labute approximate surface area is 278 Å². The molecule has 2 amide bonds. The van der Waals surface area contributed by atoms with E-state index in [1.807, 2.05) is 104 Å². The van der Waals surface area contributed by atoms with Crippen molar-refractivity contribution < 1.29 is 24.0 Å². The van der Waals surface area contributed by atoms with Crippen molar-refractivity contribution in [3.63, 3.8) is 0 Å². The number of ether oxygens (including phenoxy) is 1. The predicted octanol–water partition coefficient (Wildman–Crippen LogP) is 6.21. The molecule has 1 fully saturated rings. The van der Waals surface area contributed by atoms with Crippen molar-refractivity contribution in [1.82, 2.24) is 35.3 Å². The van der Waals surface area contributed by atoms with E-state index in [0.717, 1.165) is 44.6 Å². The highest BCUT2D eigenvalue weighted by Crippen LogP contribution is 2.36. The Morgan fingerprint density at radius 2 is 1.71 bits per heavy atom. The molecule has 6 rings (SSSR count). The van der Waals surface area contributed by atoms with Crippen LogP contribution < -0.4 is 5.32 Å². The van der Waals surface area contributed by atoms with E-state index in [1.54, 1.807) is 0 Å². The number of aromatic amines is 1. The molecule has 12 heteroatoms. The second-order valence-corrected chi connectivity index (χ2v) is 14.6. The van der Waals surface area contributed by atoms with Crippen LogP contribution in [0.5, 0.6) is 0 Å². The number of aliphatic hydroxyl groups is 1. The van der Waals surface area contributed by atoms with Crippen molar-refractivity contribution >= 4 is 23.0 Å². The number of hydrogen-bond acceptors (Lipinski definition) is 9. The standard InChI is InChI=1S/C36H41N7O5/c1-20-15-23(11-14-25(20)21(2)39-30(44)31-41-32(42-48-31)34(3,4)5)28-26-16-27(40-29(26)38-19-37-28)22-9-12-24(13-10-22)36(46)17-43(18-36)33(45)47-35(6,7)8/h9-16,19,21,46H,17-18H2,1-8H3,(H,39,44)(H,37,38,40)/t21-/m1/s1. The van der Waals surface area contributed by atoms with Crippen molar-refractivity contribution in [2.75, 3.05) is 13.1 Å². The van der Waals surface area contributed by atoms with Gasteiger partial charge >= 0.3 is 17.9 Å². The highest BCUT2D eigenvalue weighted by Gasteiger charge is 2.46. The van der Waals surface area contributed by atoms with Gasteiger partial charge in [-0.25, -0.2) is 14.8 Å². The van der Waals surface area contributed by atoms with Crippen LogP contribution in [0, 0.1) is 6.92 Å². The van der Waals surface area contributed by atoms with Crippen molar-refractivity contribution in [3.05, 3.63) is 83.3 Å². The van der Waals surface area contributed by atoms with E-state index < -0.39 is 23.2 Å². The summed E-state index contributed by atoms with van der Waals surface area (Å²) in [6, 6.07) is 15.4. The van der Waals surface area contributed by atoms with Crippen molar-refractivity contribution in [2.45, 2.75) is 78.0 Å². The minimum absolute atomic E-state index is 0.0638. The van der Waals surface area contributed by atoms with Crippen LogP contribution in [0.3, 0.4) is 0 Å². The molecule has 3 aromatic heterocycles. The number of nitrogens with one attached hydrogen (secondary N) is 2. The van der Waals surface area contributed by atoms with Crippen LogP contribution >= 0.6 is 0 Å². The lowest BCUT2D eigenvalue weighted by Gasteiger charge is -2.46. The minimum atomic E-state index is -1.12. The van der Waals surface area contributed by atoms with Crippen LogP contribution in [0.4, 0.5) is 4.79 Å². The molecule has 1 aliphatic rings. The van der Waals surface area contributed by atoms with E-state index in [-0.39, 0.29) is 30.4 Å². The summed E-state index contributed by atoms with van der Waals surface area (Å²) in [6.07, 6.45) is 1.10. The molecular formula is C36H41N7O5. The Hall–Kier alpha value is -5.10. The number of β-amino-alcohol motifs (C(OH)–C–C–N with tert-alkyl or cyclic N) is 1. The molecule has 0 spiro atoms. The average molecular weight is 652 g/mol. The maximum absolute atomic E-state index is 12.8. The number of H-pyrrole nitrogens is 1. The molecule has 3 N–H and O–H groups in total. The zero-order chi connectivity index (χ0) is 34.6. The minimum Gasteiger partial charge on any atom is -0.444 e. The van der Waals surface area contributed by atoms with Crippen LogP contribution in [-0.4, -0.2) is 65.8 Å². The van der Waals surface area contributed by atoms with Crippen molar-refractivity contribution in [1.29, 1.82) is 0 Å². The number of aryl methyl sites for hydroxylation is 1. The van der Waals surface area contributed by atoms with Crippen LogP contribution in [0.15, 0.2) is 59.4 Å². The van der Waals surface area contributed by atoms with Gasteiger partial charge in [-0.15, -0.1) is 0 Å². The predicted molar refractivity (Wildman–Crippen MR) is 180 cm³/mol. The number of amides is 2. The van der Waals surface area contributed by atoms with E-state index in [1.165, 1.54) is 11.2 Å². The Bertz CT molecular complexity index is 1990. The molecular weight excluding hydrogens is 610 g/mol. The summed E-state index contributed by atoms with van der Waals surface area (Å²) < 4.78 is 10.6. The highest BCUT2D eigenvalue weighted by molar-refractivity contribution is 5.94. The molecule has 48 heavy (non-hydrogen) atoms. The second kappa shape index (κ2) is 11.9. The zero-order valence-corrected chi connectivity index (χ0v) is 28.5.